The molecule has 2 atom stereocenters. The van der Waals surface area contributed by atoms with E-state index in [0.717, 1.165) is 61.0 Å². The summed E-state index contributed by atoms with van der Waals surface area (Å²) in [4.78, 5) is 47.0. The molecule has 0 spiro atoms. The van der Waals surface area contributed by atoms with E-state index in [2.05, 4.69) is 21.7 Å². The van der Waals surface area contributed by atoms with Gasteiger partial charge in [-0.15, -0.1) is 0 Å². The molecule has 8 aromatic rings. The summed E-state index contributed by atoms with van der Waals surface area (Å²) in [5, 5.41) is 7.96. The van der Waals surface area contributed by atoms with Crippen LogP contribution >= 0.6 is 0 Å². The van der Waals surface area contributed by atoms with Crippen LogP contribution < -0.4 is 40.6 Å². The second-order valence-corrected chi connectivity index (χ2v) is 18.8. The summed E-state index contributed by atoms with van der Waals surface area (Å²) < 4.78 is 25.8. The average Bonchev–Trinajstić information content (AvgIpc) is 4.12. The van der Waals surface area contributed by atoms with Crippen molar-refractivity contribution in [3.8, 4) is 40.2 Å². The highest BCUT2D eigenvalue weighted by Gasteiger charge is 2.37. The van der Waals surface area contributed by atoms with Gasteiger partial charge in [0.25, 0.3) is 0 Å². The number of amidine groups is 4. The van der Waals surface area contributed by atoms with Crippen LogP contribution in [0.25, 0.3) is 10.8 Å². The summed E-state index contributed by atoms with van der Waals surface area (Å²) in [6.45, 7) is 7.58. The van der Waals surface area contributed by atoms with Gasteiger partial charge >= 0.3 is 0 Å². The van der Waals surface area contributed by atoms with Gasteiger partial charge in [-0.3, -0.25) is 4.79 Å². The molecule has 5 heterocycles. The minimum absolute atomic E-state index is 0.157. The van der Waals surface area contributed by atoms with Gasteiger partial charge in [0.1, 0.15) is 69.0 Å². The van der Waals surface area contributed by atoms with Crippen molar-refractivity contribution >= 4 is 45.7 Å². The molecule has 0 saturated heterocycles. The van der Waals surface area contributed by atoms with E-state index >= 15 is 0 Å². The van der Waals surface area contributed by atoms with Crippen LogP contribution in [0.4, 0.5) is 5.69 Å². The van der Waals surface area contributed by atoms with Crippen LogP contribution in [0.5, 0.6) is 40.2 Å². The van der Waals surface area contributed by atoms with E-state index in [1.807, 2.05) is 160 Å². The molecule has 3 N–H and O–H groups in total. The van der Waals surface area contributed by atoms with Crippen molar-refractivity contribution in [1.29, 1.82) is 0 Å². The summed E-state index contributed by atoms with van der Waals surface area (Å²) in [6.07, 6.45) is 5.50. The number of rotatable bonds is 9. The summed E-state index contributed by atoms with van der Waals surface area (Å²) >= 11 is 0. The van der Waals surface area contributed by atoms with Gasteiger partial charge in [-0.2, -0.15) is 0 Å². The maximum absolute atomic E-state index is 11.7. The third-order valence-electron chi connectivity index (χ3n) is 13.1. The zero-order valence-electron chi connectivity index (χ0n) is 41.0. The van der Waals surface area contributed by atoms with Gasteiger partial charge in [-0.05, 0) is 165 Å². The normalized spacial score (nSPS) is 16.7. The molecule has 5 aliphatic rings. The van der Waals surface area contributed by atoms with Gasteiger partial charge in [0, 0.05) is 51.2 Å². The van der Waals surface area contributed by atoms with Crippen LogP contribution in [0.2, 0.25) is 0 Å². The molecule has 14 heteroatoms. The van der Waals surface area contributed by atoms with Crippen molar-refractivity contribution < 1.29 is 23.7 Å². The number of anilines is 1. The maximum Gasteiger partial charge on any atom is 0.221 e. The molecule has 1 amide bonds. The number of amides is 1. The lowest BCUT2D eigenvalue weighted by Crippen LogP contribution is -2.28. The second kappa shape index (κ2) is 18.3. The first-order valence-electron chi connectivity index (χ1n) is 24.5. The number of allylic oxidation sites excluding steroid dienone is 2. The number of aryl methyl sites for hydroxylation is 3. The summed E-state index contributed by atoms with van der Waals surface area (Å²) in [5.41, 5.74) is 8.83. The Morgan fingerprint density at radius 1 is 0.493 bits per heavy atom. The van der Waals surface area contributed by atoms with Crippen LogP contribution in [0.1, 0.15) is 45.9 Å². The second-order valence-electron chi connectivity index (χ2n) is 18.8. The van der Waals surface area contributed by atoms with E-state index in [1.54, 1.807) is 24.3 Å². The zero-order chi connectivity index (χ0) is 50.7. The van der Waals surface area contributed by atoms with E-state index in [0.29, 0.717) is 86.1 Å². The molecule has 75 heavy (non-hydrogen) atoms. The van der Waals surface area contributed by atoms with Crippen LogP contribution in [0, 0.1) is 26.7 Å². The maximum atomic E-state index is 11.7. The Morgan fingerprint density at radius 2 is 1.01 bits per heavy atom. The highest BCUT2D eigenvalue weighted by atomic mass is 16.5. The largest absolute Gasteiger partial charge is 0.458 e. The number of benzene rings is 7. The monoisotopic (exact) mass is 983 g/mol. The summed E-state index contributed by atoms with van der Waals surface area (Å²) in [6, 6.07) is 48.5. The number of carbonyl (C=O) groups excluding carboxylic acids is 1. The third-order valence-corrected chi connectivity index (χ3v) is 13.1. The lowest BCUT2D eigenvalue weighted by atomic mass is 9.94. The number of aromatic amines is 1. The molecule has 0 radical (unpaired) electrons. The fourth-order valence-corrected chi connectivity index (χ4v) is 9.68. The van der Waals surface area contributed by atoms with Crippen molar-refractivity contribution in [1.82, 2.24) is 10.3 Å². The molecule has 14 nitrogen and oxygen atoms in total. The number of aromatic nitrogens is 1. The molecule has 364 valence electrons. The van der Waals surface area contributed by atoms with Crippen molar-refractivity contribution in [3.63, 3.8) is 0 Å². The molecule has 2 unspecified atom stereocenters. The quantitative estimate of drug-likeness (QED) is 0.130. The van der Waals surface area contributed by atoms with Crippen LogP contribution in [-0.4, -0.2) is 40.4 Å². The number of aliphatic imine (C=N–C) groups is 4. The topological polar surface area (TPSA) is 168 Å². The van der Waals surface area contributed by atoms with Gasteiger partial charge in [0.15, 0.2) is 23.3 Å². The van der Waals surface area contributed by atoms with Crippen LogP contribution in [0.15, 0.2) is 217 Å². The zero-order valence-corrected chi connectivity index (χ0v) is 41.0. The first kappa shape index (κ1) is 45.0. The molecule has 8 bridgehead atoms. The molecular weight excluding hydrogens is 939 g/mol. The van der Waals surface area contributed by atoms with Gasteiger partial charge < -0.3 is 34.6 Å². The Kier molecular flexibility index (Phi) is 11.0. The smallest absolute Gasteiger partial charge is 0.221 e. The van der Waals surface area contributed by atoms with Crippen molar-refractivity contribution in [2.45, 2.75) is 33.9 Å². The summed E-state index contributed by atoms with van der Waals surface area (Å²) in [5.74, 6) is 7.11. The lowest BCUT2D eigenvalue weighted by Gasteiger charge is -2.19. The Labute approximate surface area is 430 Å². The molecule has 13 rings (SSSR count). The number of fused-ring (bicyclic) bond motifs is 17. The Hall–Kier alpha value is -9.95. The van der Waals surface area contributed by atoms with Crippen LogP contribution in [-0.2, 0) is 4.79 Å². The van der Waals surface area contributed by atoms with Crippen LogP contribution in [0.3, 0.4) is 0 Å². The number of hydrogen-bond acceptors (Lipinski definition) is 12. The SMILES string of the molecule is CC(=O)Nc1ccc(Oc2ccc3c4[nH]c(c3c2)=NC2=NC(=NC3=C5C=CC(Oc6cccc(C)c6)=CC5C(N=C5N=C(N=4)c4cc(Oc6cccc(C)c6)ccc45)N3)c3cc(Oc4cccc(C)c4)ccc32)cc1. The highest BCUT2D eigenvalue weighted by molar-refractivity contribution is 6.24. The minimum Gasteiger partial charge on any atom is -0.458 e. The first-order chi connectivity index (χ1) is 36.6. The molecule has 4 aliphatic heterocycles. The molecule has 0 saturated carbocycles. The molecule has 0 fully saturated rings. The molecular formula is C61H45N9O5. The van der Waals surface area contributed by atoms with E-state index in [4.69, 9.17) is 48.9 Å². The number of hydrogen-bond donors (Lipinski definition) is 3. The molecule has 1 aliphatic carbocycles. The highest BCUT2D eigenvalue weighted by Crippen LogP contribution is 2.38. The third kappa shape index (κ3) is 8.94. The van der Waals surface area contributed by atoms with Crippen molar-refractivity contribution in [3.05, 3.63) is 237 Å². The number of H-pyrrole nitrogens is 1. The van der Waals surface area contributed by atoms with E-state index < -0.39 is 6.17 Å². The summed E-state index contributed by atoms with van der Waals surface area (Å²) in [7, 11) is 0. The number of carbonyl (C=O) groups is 1. The Balaban J connectivity index is 0.997. The van der Waals surface area contributed by atoms with Gasteiger partial charge in [0.2, 0.25) is 5.91 Å². The Bertz CT molecular complexity index is 4110. The fraction of sp³-hybridized carbons (Fsp3) is 0.0984. The minimum atomic E-state index is -0.564. The van der Waals surface area contributed by atoms with E-state index in [9.17, 15) is 4.79 Å². The standard InChI is InChI=1S/C61H45N9O5/c1-33-8-5-11-39(26-33)73-43-19-23-47-51(30-43)60-66-55(47)64-58-50-29-42(72-38-16-14-37(15-17-38)62-36(4)71)18-22-46(50)54(63-58)65-59-52-31-44(74-40-12-6-9-34(2)27-40)20-24-48(52)56(67-59)69-61-53-32-45(21-25-49(53)57(68-60)70-61)75-41-13-7-10-35(3)28-41/h5-32,53,61,70H,1-4H3,(H,62,71)(H,63,64,65,66,67,68,69). The molecule has 7 aromatic carbocycles. The van der Waals surface area contributed by atoms with E-state index in [1.165, 1.54) is 6.92 Å². The molecule has 1 aromatic heterocycles. The predicted octanol–water partition coefficient (Wildman–Crippen LogP) is 11.4. The predicted molar refractivity (Wildman–Crippen MR) is 289 cm³/mol. The Morgan fingerprint density at radius 3 is 1.65 bits per heavy atom. The van der Waals surface area contributed by atoms with Gasteiger partial charge in [-0.1, -0.05) is 42.5 Å². The van der Waals surface area contributed by atoms with E-state index in [-0.39, 0.29) is 11.8 Å². The fourth-order valence-electron chi connectivity index (χ4n) is 9.68. The lowest BCUT2D eigenvalue weighted by molar-refractivity contribution is -0.114. The van der Waals surface area contributed by atoms with Crippen molar-refractivity contribution in [2.24, 2.45) is 35.9 Å². The number of nitrogens with one attached hydrogen (secondary N) is 3. The number of nitrogens with zero attached hydrogens (tertiary/aromatic N) is 6. The van der Waals surface area contributed by atoms with Gasteiger partial charge in [-0.25, -0.2) is 30.0 Å². The first-order valence-corrected chi connectivity index (χ1v) is 24.5. The van der Waals surface area contributed by atoms with Crippen molar-refractivity contribution in [2.75, 3.05) is 5.32 Å². The number of ether oxygens (including phenoxy) is 4. The average molecular weight is 984 g/mol. The van der Waals surface area contributed by atoms with Gasteiger partial charge in [0.05, 0.1) is 5.92 Å².